The van der Waals surface area contributed by atoms with Crippen molar-refractivity contribution in [3.63, 3.8) is 0 Å². The maximum atomic E-state index is 9.75. The van der Waals surface area contributed by atoms with Crippen molar-refractivity contribution in [2.45, 2.75) is 38.3 Å². The van der Waals surface area contributed by atoms with Crippen LogP contribution in [0.1, 0.15) is 51.0 Å². The molecule has 0 aromatic heterocycles. The van der Waals surface area contributed by atoms with Crippen LogP contribution in [0.25, 0.3) is 11.1 Å². The van der Waals surface area contributed by atoms with Crippen LogP contribution in [0.15, 0.2) is 176 Å². The van der Waals surface area contributed by atoms with E-state index in [9.17, 15) is 17.3 Å². The number of rotatable bonds is 10. The maximum absolute atomic E-state index is 9.75. The monoisotopic (exact) mass is 890 g/mol. The Morgan fingerprint density at radius 1 is 0.559 bits per heavy atom. The topological polar surface area (TPSA) is 0 Å². The summed E-state index contributed by atoms with van der Waals surface area (Å²) >= 11 is 0. The molecular formula is C52H46BF4PRu+. The van der Waals surface area contributed by atoms with E-state index in [0.717, 1.165) is 6.42 Å². The number of allylic oxidation sites excluding steroid dienone is 4. The molecule has 1 saturated carbocycles. The Morgan fingerprint density at radius 2 is 0.983 bits per heavy atom. The molecule has 0 N–H and O–H groups in total. The van der Waals surface area contributed by atoms with E-state index in [1.807, 2.05) is 0 Å². The van der Waals surface area contributed by atoms with Gasteiger partial charge < -0.3 is 17.3 Å². The summed E-state index contributed by atoms with van der Waals surface area (Å²) < 4.78 is 39.0. The minimum atomic E-state index is -6.00. The van der Waals surface area contributed by atoms with E-state index in [4.69, 9.17) is 0 Å². The summed E-state index contributed by atoms with van der Waals surface area (Å²) in [5.74, 6) is 4.22. The Labute approximate surface area is 361 Å². The van der Waals surface area contributed by atoms with Crippen LogP contribution in [0.3, 0.4) is 0 Å². The molecule has 7 heteroatoms. The van der Waals surface area contributed by atoms with E-state index in [1.54, 1.807) is 0 Å². The second-order valence-electron chi connectivity index (χ2n) is 15.1. The third-order valence-electron chi connectivity index (χ3n) is 11.0. The summed E-state index contributed by atoms with van der Waals surface area (Å²) in [6, 6.07) is 61.7. The molecule has 1 fully saturated rings. The summed E-state index contributed by atoms with van der Waals surface area (Å²) in [6.07, 6.45) is 15.0. The first-order valence-electron chi connectivity index (χ1n) is 19.6. The van der Waals surface area contributed by atoms with Crippen LogP contribution in [0, 0.1) is 52.4 Å². The minimum Gasteiger partial charge on any atom is -0.418 e. The van der Waals surface area contributed by atoms with Crippen molar-refractivity contribution in [1.82, 2.24) is 0 Å². The Morgan fingerprint density at radius 3 is 1.46 bits per heavy atom. The van der Waals surface area contributed by atoms with Crippen LogP contribution in [0.5, 0.6) is 0 Å². The summed E-state index contributed by atoms with van der Waals surface area (Å²) in [6.45, 7) is 4.07. The molecule has 2 aliphatic carbocycles. The van der Waals surface area contributed by atoms with Crippen LogP contribution < -0.4 is 10.6 Å². The fourth-order valence-electron chi connectivity index (χ4n) is 8.22. The summed E-state index contributed by atoms with van der Waals surface area (Å²) in [5.41, 5.74) is 11.1. The van der Waals surface area contributed by atoms with Crippen molar-refractivity contribution < 1.29 is 36.7 Å². The van der Waals surface area contributed by atoms with Gasteiger partial charge >= 0.3 is 26.7 Å². The largest absolute Gasteiger partial charge is 2.00 e. The van der Waals surface area contributed by atoms with Gasteiger partial charge in [0.1, 0.15) is 0 Å². The number of aryl methyl sites for hydroxylation is 3. The smallest absolute Gasteiger partial charge is 0.418 e. The van der Waals surface area contributed by atoms with Crippen molar-refractivity contribution in [2.24, 2.45) is 0 Å². The van der Waals surface area contributed by atoms with E-state index < -0.39 is 19.6 Å². The van der Waals surface area contributed by atoms with Gasteiger partial charge in [-0.1, -0.05) is 192 Å². The van der Waals surface area contributed by atoms with Crippen LogP contribution >= 0.6 is 6.89 Å². The molecule has 6 aromatic rings. The molecule has 6 aromatic carbocycles. The van der Waals surface area contributed by atoms with Crippen molar-refractivity contribution in [3.8, 4) is 0 Å². The number of hydrogen-bond donors (Lipinski definition) is 0. The molecule has 0 bridgehead atoms. The molecule has 2 atom stereocenters. The number of hydrogen-bond acceptors (Lipinski definition) is 0. The number of halogens is 4. The third-order valence-corrected chi connectivity index (χ3v) is 15.6. The van der Waals surface area contributed by atoms with Crippen LogP contribution in [-0.4, -0.2) is 13.1 Å². The van der Waals surface area contributed by atoms with Gasteiger partial charge in [0.05, 0.1) is 5.41 Å². The Bertz CT molecular complexity index is 2340. The van der Waals surface area contributed by atoms with E-state index in [0.29, 0.717) is 0 Å². The molecule has 297 valence electrons. The standard InChI is InChI=1S/C52H46P.BF4.Ru/c1-39-23-29-43(30-24-39)46-36-50(44-31-25-40(2)26-32-44)52(37-46,47-33-27-41(3)28-34-47)38-53(48-19-9-5-10-20-48,49-21-11-6-12-22-49)51(35-42-15-13-14-16-42)45-17-7-4-8-18-45;2-1(3,4)5;/h4-34,36-38,51H,35H2,1-3H3;;/q;-1;+2/t51-,52?;;/m0../s1. The molecule has 2 aliphatic rings. The van der Waals surface area contributed by atoms with Crippen molar-refractivity contribution >= 4 is 41.7 Å². The van der Waals surface area contributed by atoms with Gasteiger partial charge in [0.15, 0.2) is 0 Å². The molecule has 5 radical (unpaired) electrons. The van der Waals surface area contributed by atoms with Crippen molar-refractivity contribution in [1.29, 1.82) is 0 Å². The first-order chi connectivity index (χ1) is 27.9. The third kappa shape index (κ3) is 10.3. The van der Waals surface area contributed by atoms with Crippen molar-refractivity contribution in [2.75, 3.05) is 0 Å². The Kier molecular flexibility index (Phi) is 14.4. The fourth-order valence-corrected chi connectivity index (χ4v) is 13.2. The van der Waals surface area contributed by atoms with E-state index >= 15 is 0 Å². The van der Waals surface area contributed by atoms with Crippen molar-refractivity contribution in [3.05, 3.63) is 246 Å². The predicted molar refractivity (Wildman–Crippen MR) is 241 cm³/mol. The molecule has 0 heterocycles. The fraction of sp³-hybridized carbons (Fsp3) is 0.115. The van der Waals surface area contributed by atoms with Gasteiger partial charge in [0.2, 0.25) is 0 Å². The van der Waals surface area contributed by atoms with Gasteiger partial charge in [0, 0.05) is 5.66 Å². The Balaban J connectivity index is 0.000000921. The van der Waals surface area contributed by atoms with E-state index in [1.165, 1.54) is 66.6 Å². The SMILES string of the molecule is Cc1ccc(C2=CC(C=P(c3ccccc3)(c3ccccc3)[C@@H](C[C]3[CH][CH][CH][CH]3)c3ccccc3)(c3ccc(C)cc3)C(c3ccc(C)cc3)=C2)cc1.F[B-](F)(F)F.[Ru+2]. The van der Waals surface area contributed by atoms with Crippen LogP contribution in [0.2, 0.25) is 0 Å². The average Bonchev–Trinajstić information content (AvgIpc) is 3.89. The normalized spacial score (nSPS) is 17.2. The molecule has 0 amide bonds. The second-order valence-corrected chi connectivity index (χ2v) is 18.6. The van der Waals surface area contributed by atoms with Crippen LogP contribution in [0.4, 0.5) is 17.3 Å². The van der Waals surface area contributed by atoms with Gasteiger partial charge in [-0.15, -0.1) is 0 Å². The van der Waals surface area contributed by atoms with Gasteiger partial charge in [0.25, 0.3) is 0 Å². The molecule has 0 spiro atoms. The average molecular weight is 890 g/mol. The molecule has 0 aliphatic heterocycles. The van der Waals surface area contributed by atoms with Gasteiger partial charge in [-0.05, 0) is 116 Å². The Hall–Kier alpha value is -4.49. The molecule has 59 heavy (non-hydrogen) atoms. The molecule has 8 rings (SSSR count). The van der Waals surface area contributed by atoms with Gasteiger partial charge in [-0.3, -0.25) is 0 Å². The quantitative estimate of drug-likeness (QED) is 0.0730. The first kappa shape index (κ1) is 44.1. The van der Waals surface area contributed by atoms with E-state index in [2.05, 4.69) is 228 Å². The predicted octanol–water partition coefficient (Wildman–Crippen LogP) is 13.3. The zero-order chi connectivity index (χ0) is 40.8. The zero-order valence-electron chi connectivity index (χ0n) is 33.3. The molecule has 0 saturated heterocycles. The summed E-state index contributed by atoms with van der Waals surface area (Å²) in [4.78, 5) is 0. The second kappa shape index (κ2) is 19.3. The molecule has 0 nitrogen and oxygen atoms in total. The van der Waals surface area contributed by atoms with Crippen LogP contribution in [-0.2, 0) is 24.9 Å². The van der Waals surface area contributed by atoms with E-state index in [-0.39, 0.29) is 25.1 Å². The minimum absolute atomic E-state index is 0. The summed E-state index contributed by atoms with van der Waals surface area (Å²) in [5, 5.41) is 2.78. The maximum Gasteiger partial charge on any atom is 2.00 e. The summed E-state index contributed by atoms with van der Waals surface area (Å²) in [7, 11) is -6.00. The van der Waals surface area contributed by atoms with Gasteiger partial charge in [-0.25, -0.2) is 0 Å². The first-order valence-corrected chi connectivity index (χ1v) is 21.5. The molecular weight excluding hydrogens is 843 g/mol. The zero-order valence-corrected chi connectivity index (χ0v) is 35.9. The number of benzene rings is 6. The molecule has 1 unspecified atom stereocenters. The van der Waals surface area contributed by atoms with Gasteiger partial charge in [-0.2, -0.15) is 0 Å².